The third-order valence-electron chi connectivity index (χ3n) is 5.22. The number of hydrogen-bond donors (Lipinski definition) is 3. The summed E-state index contributed by atoms with van der Waals surface area (Å²) in [5.41, 5.74) is 3.78. The van der Waals surface area contributed by atoms with E-state index in [0.717, 1.165) is 27.7 Å². The van der Waals surface area contributed by atoms with Crippen molar-refractivity contribution in [3.8, 4) is 5.69 Å². The number of nitrogens with one attached hydrogen (secondary N) is 2. The van der Waals surface area contributed by atoms with Crippen molar-refractivity contribution in [2.24, 2.45) is 0 Å². The number of carbonyl (C=O) groups is 2. The van der Waals surface area contributed by atoms with Gasteiger partial charge in [-0.1, -0.05) is 48.2 Å². The van der Waals surface area contributed by atoms with Crippen LogP contribution in [0, 0.1) is 13.8 Å². The molecule has 0 aliphatic heterocycles. The molecule has 32 heavy (non-hydrogen) atoms. The zero-order valence-corrected chi connectivity index (χ0v) is 18.5. The van der Waals surface area contributed by atoms with Crippen LogP contribution in [0.2, 0.25) is 0 Å². The van der Waals surface area contributed by atoms with E-state index >= 15 is 0 Å². The van der Waals surface area contributed by atoms with E-state index in [1.54, 1.807) is 6.20 Å². The lowest BCUT2D eigenvalue weighted by Crippen LogP contribution is -2.43. The molecule has 2 aromatic heterocycles. The van der Waals surface area contributed by atoms with Crippen LogP contribution < -0.4 is 5.32 Å². The minimum atomic E-state index is -1.08. The zero-order valence-electron chi connectivity index (χ0n) is 17.7. The van der Waals surface area contributed by atoms with E-state index in [0.29, 0.717) is 11.0 Å². The molecule has 4 rings (SSSR count). The van der Waals surface area contributed by atoms with Gasteiger partial charge >= 0.3 is 5.97 Å². The fraction of sp³-hybridized carbons (Fsp3) is 0.217. The Balaban J connectivity index is 1.44. The third-order valence-corrected chi connectivity index (χ3v) is 6.15. The van der Waals surface area contributed by atoms with Crippen molar-refractivity contribution in [2.75, 3.05) is 5.75 Å². The standard InChI is InChI=1S/C23H23N5O3S/c1-14-7-3-6-10-20(14)28-15(2)26-27-23(28)32-13-21(29)25-19(22(30)31)11-16-12-24-18-9-5-4-8-17(16)18/h3-10,12,19,24H,11,13H2,1-2H3,(H,25,29)(H,30,31)/t19-/m1/s1. The topological polar surface area (TPSA) is 113 Å². The quantitative estimate of drug-likeness (QED) is 0.356. The second kappa shape index (κ2) is 9.27. The average Bonchev–Trinajstić information content (AvgIpc) is 3.35. The smallest absolute Gasteiger partial charge is 0.326 e. The number of fused-ring (bicyclic) bond motifs is 1. The number of thioether (sulfide) groups is 1. The maximum absolute atomic E-state index is 12.6. The van der Waals surface area contributed by atoms with Crippen LogP contribution in [-0.4, -0.2) is 48.5 Å². The Kier molecular flexibility index (Phi) is 6.27. The van der Waals surface area contributed by atoms with E-state index in [2.05, 4.69) is 20.5 Å². The second-order valence-electron chi connectivity index (χ2n) is 7.46. The molecule has 0 aliphatic rings. The van der Waals surface area contributed by atoms with Crippen LogP contribution in [0.5, 0.6) is 0 Å². The van der Waals surface area contributed by atoms with Crippen molar-refractivity contribution in [2.45, 2.75) is 31.5 Å². The molecule has 2 heterocycles. The molecule has 2 aromatic carbocycles. The van der Waals surface area contributed by atoms with Gasteiger partial charge in [0.15, 0.2) is 5.16 Å². The summed E-state index contributed by atoms with van der Waals surface area (Å²) in [5.74, 6) is -0.710. The normalized spacial score (nSPS) is 12.1. The van der Waals surface area contributed by atoms with Gasteiger partial charge < -0.3 is 15.4 Å². The molecule has 0 radical (unpaired) electrons. The molecule has 0 fully saturated rings. The molecule has 0 saturated carbocycles. The zero-order chi connectivity index (χ0) is 22.7. The molecular weight excluding hydrogens is 426 g/mol. The van der Waals surface area contributed by atoms with Gasteiger partial charge in [0, 0.05) is 23.5 Å². The molecule has 0 bridgehead atoms. The van der Waals surface area contributed by atoms with Gasteiger partial charge in [-0.05, 0) is 37.1 Å². The number of para-hydroxylation sites is 2. The molecule has 0 unspecified atom stereocenters. The number of carboxylic acid groups (broad SMARTS) is 1. The van der Waals surface area contributed by atoms with Crippen molar-refractivity contribution >= 4 is 34.5 Å². The number of aryl methyl sites for hydroxylation is 2. The van der Waals surface area contributed by atoms with Crippen LogP contribution in [0.15, 0.2) is 59.9 Å². The van der Waals surface area contributed by atoms with Crippen molar-refractivity contribution < 1.29 is 14.7 Å². The number of aliphatic carboxylic acids is 1. The summed E-state index contributed by atoms with van der Waals surface area (Å²) in [5, 5.41) is 22.1. The van der Waals surface area contributed by atoms with Crippen LogP contribution in [0.1, 0.15) is 17.0 Å². The summed E-state index contributed by atoms with van der Waals surface area (Å²) in [6.45, 7) is 3.85. The predicted molar refractivity (Wildman–Crippen MR) is 123 cm³/mol. The number of carbonyl (C=O) groups excluding carboxylic acids is 1. The van der Waals surface area contributed by atoms with Crippen LogP contribution >= 0.6 is 11.8 Å². The number of aromatic amines is 1. The molecular formula is C23H23N5O3S. The maximum atomic E-state index is 12.6. The number of benzene rings is 2. The molecule has 0 aliphatic carbocycles. The fourth-order valence-electron chi connectivity index (χ4n) is 3.61. The lowest BCUT2D eigenvalue weighted by Gasteiger charge is -2.14. The molecule has 1 atom stereocenters. The highest BCUT2D eigenvalue weighted by Gasteiger charge is 2.23. The third kappa shape index (κ3) is 4.52. The van der Waals surface area contributed by atoms with E-state index in [1.807, 2.05) is 66.9 Å². The number of nitrogens with zero attached hydrogens (tertiary/aromatic N) is 3. The molecule has 1 amide bonds. The number of rotatable bonds is 8. The summed E-state index contributed by atoms with van der Waals surface area (Å²) in [4.78, 5) is 27.5. The number of amides is 1. The Morgan fingerprint density at radius 3 is 2.66 bits per heavy atom. The Labute approximate surface area is 189 Å². The van der Waals surface area contributed by atoms with Crippen molar-refractivity contribution in [1.82, 2.24) is 25.1 Å². The van der Waals surface area contributed by atoms with E-state index in [1.165, 1.54) is 11.8 Å². The Morgan fingerprint density at radius 2 is 1.88 bits per heavy atom. The van der Waals surface area contributed by atoms with Crippen molar-refractivity contribution in [3.05, 3.63) is 71.7 Å². The molecule has 4 aromatic rings. The molecule has 8 nitrogen and oxygen atoms in total. The highest BCUT2D eigenvalue weighted by atomic mass is 32.2. The number of carboxylic acids is 1. The van der Waals surface area contributed by atoms with Gasteiger partial charge in [0.05, 0.1) is 11.4 Å². The van der Waals surface area contributed by atoms with E-state index in [9.17, 15) is 14.7 Å². The van der Waals surface area contributed by atoms with E-state index in [-0.39, 0.29) is 18.1 Å². The summed E-state index contributed by atoms with van der Waals surface area (Å²) < 4.78 is 1.90. The minimum absolute atomic E-state index is 0.0294. The molecule has 0 saturated heterocycles. The monoisotopic (exact) mass is 449 g/mol. The summed E-state index contributed by atoms with van der Waals surface area (Å²) in [6.07, 6.45) is 1.98. The second-order valence-corrected chi connectivity index (χ2v) is 8.40. The molecule has 3 N–H and O–H groups in total. The van der Waals surface area contributed by atoms with Gasteiger partial charge in [0.25, 0.3) is 0 Å². The van der Waals surface area contributed by atoms with E-state index < -0.39 is 12.0 Å². The first-order valence-corrected chi connectivity index (χ1v) is 11.1. The number of aromatic nitrogens is 4. The predicted octanol–water partition coefficient (Wildman–Crippen LogP) is 3.27. The van der Waals surface area contributed by atoms with Crippen LogP contribution in [0.25, 0.3) is 16.6 Å². The highest BCUT2D eigenvalue weighted by molar-refractivity contribution is 7.99. The summed E-state index contributed by atoms with van der Waals surface area (Å²) in [7, 11) is 0. The van der Waals surface area contributed by atoms with Crippen LogP contribution in [-0.2, 0) is 16.0 Å². The number of hydrogen-bond acceptors (Lipinski definition) is 5. The first-order valence-electron chi connectivity index (χ1n) is 10.1. The lowest BCUT2D eigenvalue weighted by molar-refractivity contribution is -0.141. The SMILES string of the molecule is Cc1ccccc1-n1c(C)nnc1SCC(=O)N[C@H](Cc1c[nH]c2ccccc12)C(=O)O. The van der Waals surface area contributed by atoms with Gasteiger partial charge in [-0.25, -0.2) is 4.79 Å². The van der Waals surface area contributed by atoms with Gasteiger partial charge in [-0.2, -0.15) is 0 Å². The Morgan fingerprint density at radius 1 is 1.12 bits per heavy atom. The highest BCUT2D eigenvalue weighted by Crippen LogP contribution is 2.24. The number of H-pyrrole nitrogens is 1. The summed E-state index contributed by atoms with van der Waals surface area (Å²) >= 11 is 1.22. The Hall–Kier alpha value is -3.59. The maximum Gasteiger partial charge on any atom is 0.326 e. The van der Waals surface area contributed by atoms with Gasteiger partial charge in [-0.3, -0.25) is 9.36 Å². The fourth-order valence-corrected chi connectivity index (χ4v) is 4.42. The molecule has 9 heteroatoms. The largest absolute Gasteiger partial charge is 0.480 e. The summed E-state index contributed by atoms with van der Waals surface area (Å²) in [6, 6.07) is 14.5. The van der Waals surface area contributed by atoms with Crippen molar-refractivity contribution in [1.29, 1.82) is 0 Å². The molecule has 0 spiro atoms. The van der Waals surface area contributed by atoms with Gasteiger partial charge in [0.1, 0.15) is 11.9 Å². The minimum Gasteiger partial charge on any atom is -0.480 e. The Bertz CT molecular complexity index is 1280. The van der Waals surface area contributed by atoms with Crippen LogP contribution in [0.4, 0.5) is 0 Å². The van der Waals surface area contributed by atoms with Crippen LogP contribution in [0.3, 0.4) is 0 Å². The average molecular weight is 450 g/mol. The first-order chi connectivity index (χ1) is 15.4. The van der Waals surface area contributed by atoms with Gasteiger partial charge in [-0.15, -0.1) is 10.2 Å². The first kappa shape index (κ1) is 21.6. The van der Waals surface area contributed by atoms with Gasteiger partial charge in [0.2, 0.25) is 5.91 Å². The van der Waals surface area contributed by atoms with E-state index in [4.69, 9.17) is 0 Å². The molecule has 164 valence electrons. The van der Waals surface area contributed by atoms with Crippen molar-refractivity contribution in [3.63, 3.8) is 0 Å². The lowest BCUT2D eigenvalue weighted by atomic mass is 10.1.